The van der Waals surface area contributed by atoms with Crippen LogP contribution >= 0.6 is 12.6 Å². The van der Waals surface area contributed by atoms with Crippen molar-refractivity contribution in [3.63, 3.8) is 0 Å². The number of rotatable bonds is 7. The second kappa shape index (κ2) is 9.80. The Kier molecular flexibility index (Phi) is 7.15. The van der Waals surface area contributed by atoms with Gasteiger partial charge in [0, 0.05) is 0 Å². The van der Waals surface area contributed by atoms with Crippen molar-refractivity contribution in [2.24, 2.45) is 0 Å². The summed E-state index contributed by atoms with van der Waals surface area (Å²) in [6, 6.07) is 16.0. The molecule has 2 aromatic rings. The molecule has 1 heterocycles. The van der Waals surface area contributed by atoms with E-state index in [4.69, 9.17) is 0 Å². The number of aryl methyl sites for hydroxylation is 1. The average Bonchev–Trinajstić information content (AvgIpc) is 3.18. The molecule has 0 spiro atoms. The maximum atomic E-state index is 12.9. The van der Waals surface area contributed by atoms with Crippen molar-refractivity contribution < 1.29 is 19.5 Å². The van der Waals surface area contributed by atoms with Crippen molar-refractivity contribution in [1.29, 1.82) is 0 Å². The molecule has 2 aromatic carbocycles. The Morgan fingerprint density at radius 2 is 1.77 bits per heavy atom. The van der Waals surface area contributed by atoms with Gasteiger partial charge in [0.25, 0.3) is 0 Å². The minimum atomic E-state index is -1.03. The maximum absolute atomic E-state index is 12.9. The van der Waals surface area contributed by atoms with E-state index in [9.17, 15) is 19.5 Å². The molecular formula is C23H26N2O4S. The lowest BCUT2D eigenvalue weighted by Gasteiger charge is -2.29. The van der Waals surface area contributed by atoms with E-state index in [0.717, 1.165) is 16.7 Å². The number of carboxylic acids is 1. The Morgan fingerprint density at radius 3 is 2.40 bits per heavy atom. The van der Waals surface area contributed by atoms with Crippen molar-refractivity contribution in [2.75, 3.05) is 6.54 Å². The zero-order valence-corrected chi connectivity index (χ0v) is 17.7. The van der Waals surface area contributed by atoms with E-state index >= 15 is 0 Å². The fourth-order valence-electron chi connectivity index (χ4n) is 3.82. The van der Waals surface area contributed by atoms with Crippen molar-refractivity contribution in [3.8, 4) is 0 Å². The number of carboxylic acid groups (broad SMARTS) is 1. The van der Waals surface area contributed by atoms with Crippen LogP contribution in [0.5, 0.6) is 0 Å². The second-order valence-electron chi connectivity index (χ2n) is 7.58. The molecule has 1 fully saturated rings. The summed E-state index contributed by atoms with van der Waals surface area (Å²) in [5.41, 5.74) is 2.97. The summed E-state index contributed by atoms with van der Waals surface area (Å²) in [5, 5.41) is 11.6. The molecule has 2 unspecified atom stereocenters. The first kappa shape index (κ1) is 21.9. The van der Waals surface area contributed by atoms with Crippen LogP contribution in [0.1, 0.15) is 35.6 Å². The van der Waals surface area contributed by atoms with Gasteiger partial charge in [0.1, 0.15) is 6.04 Å². The molecule has 3 rings (SSSR count). The molecule has 0 bridgehead atoms. The van der Waals surface area contributed by atoms with E-state index < -0.39 is 23.2 Å². The Bertz CT molecular complexity index is 901. The number of likely N-dealkylation sites (tertiary alicyclic amines) is 1. The highest BCUT2D eigenvalue weighted by atomic mass is 32.1. The molecule has 158 valence electrons. The molecule has 2 N–H and O–H groups in total. The number of benzene rings is 2. The molecule has 0 radical (unpaired) electrons. The molecule has 1 aliphatic rings. The number of nitrogens with zero attached hydrogens (tertiary/aromatic N) is 1. The smallest absolute Gasteiger partial charge is 0.326 e. The van der Waals surface area contributed by atoms with Crippen LogP contribution in [0.25, 0.3) is 0 Å². The minimum Gasteiger partial charge on any atom is -0.480 e. The van der Waals surface area contributed by atoms with Gasteiger partial charge in [0.15, 0.2) is 0 Å². The largest absolute Gasteiger partial charge is 0.480 e. The van der Waals surface area contributed by atoms with Crippen LogP contribution in [0.4, 0.5) is 0 Å². The number of hydrogen-bond acceptors (Lipinski definition) is 4. The summed E-state index contributed by atoms with van der Waals surface area (Å²) >= 11 is 4.35. The molecule has 7 heteroatoms. The lowest BCUT2D eigenvalue weighted by molar-refractivity contribution is -0.149. The lowest BCUT2D eigenvalue weighted by Crippen LogP contribution is -2.47. The van der Waals surface area contributed by atoms with Gasteiger partial charge in [-0.3, -0.25) is 9.59 Å². The molecule has 0 aromatic heterocycles. The van der Waals surface area contributed by atoms with Crippen LogP contribution in [-0.2, 0) is 20.8 Å². The highest BCUT2D eigenvalue weighted by Crippen LogP contribution is 2.36. The van der Waals surface area contributed by atoms with Crippen LogP contribution < -0.4 is 5.32 Å². The molecule has 30 heavy (non-hydrogen) atoms. The maximum Gasteiger partial charge on any atom is 0.326 e. The number of amides is 2. The number of nitrogens with one attached hydrogen (secondary N) is 1. The van der Waals surface area contributed by atoms with Gasteiger partial charge in [0.2, 0.25) is 11.8 Å². The van der Waals surface area contributed by atoms with Crippen molar-refractivity contribution in [3.05, 3.63) is 71.3 Å². The zero-order chi connectivity index (χ0) is 21.7. The molecule has 1 aliphatic heterocycles. The van der Waals surface area contributed by atoms with Crippen LogP contribution in [0.15, 0.2) is 54.6 Å². The van der Waals surface area contributed by atoms with E-state index in [1.165, 1.54) is 4.90 Å². The molecular weight excluding hydrogens is 400 g/mol. The average molecular weight is 427 g/mol. The lowest BCUT2D eigenvalue weighted by atomic mass is 10.0. The van der Waals surface area contributed by atoms with Crippen LogP contribution in [-0.4, -0.2) is 45.6 Å². The second-order valence-corrected chi connectivity index (χ2v) is 8.21. The molecule has 2 amide bonds. The highest BCUT2D eigenvalue weighted by Gasteiger charge is 2.41. The Labute approximate surface area is 181 Å². The number of thiol groups is 1. The third kappa shape index (κ3) is 5.21. The molecule has 6 nitrogen and oxygen atoms in total. The number of hydrogen-bond donors (Lipinski definition) is 3. The van der Waals surface area contributed by atoms with Gasteiger partial charge in [0.05, 0.1) is 17.8 Å². The first-order valence-corrected chi connectivity index (χ1v) is 10.5. The van der Waals surface area contributed by atoms with Crippen LogP contribution in [0.2, 0.25) is 0 Å². The van der Waals surface area contributed by atoms with Gasteiger partial charge in [-0.25, -0.2) is 4.79 Å². The topological polar surface area (TPSA) is 86.7 Å². The van der Waals surface area contributed by atoms with E-state index in [0.29, 0.717) is 19.3 Å². The number of carbonyl (C=O) groups is 3. The standard InChI is InChI=1S/C23H26N2O4S/c1-15-7-9-17(10-8-15)18-11-12-19(23(28)29)25(18)21(26)14-24-22(27)20(30)13-16-5-3-2-4-6-16/h2-10,18-20,30H,11-14H2,1H3,(H,24,27)(H,28,29)/t18?,19-,20?/m0/s1. The summed E-state index contributed by atoms with van der Waals surface area (Å²) in [6.45, 7) is 1.72. The van der Waals surface area contributed by atoms with Gasteiger partial charge in [-0.2, -0.15) is 12.6 Å². The van der Waals surface area contributed by atoms with Crippen molar-refractivity contribution in [1.82, 2.24) is 10.2 Å². The summed E-state index contributed by atoms with van der Waals surface area (Å²) in [6.07, 6.45) is 1.40. The third-order valence-corrected chi connectivity index (χ3v) is 5.83. The predicted octanol–water partition coefficient (Wildman–Crippen LogP) is 2.77. The molecule has 3 atom stereocenters. The van der Waals surface area contributed by atoms with Gasteiger partial charge < -0.3 is 15.3 Å². The number of carbonyl (C=O) groups excluding carboxylic acids is 2. The zero-order valence-electron chi connectivity index (χ0n) is 16.8. The van der Waals surface area contributed by atoms with Gasteiger partial charge in [-0.15, -0.1) is 0 Å². The summed E-state index contributed by atoms with van der Waals surface area (Å²) < 4.78 is 0. The SMILES string of the molecule is Cc1ccc(C2CC[C@@H](C(=O)O)N2C(=O)CNC(=O)C(S)Cc2ccccc2)cc1. The summed E-state index contributed by atoms with van der Waals surface area (Å²) in [7, 11) is 0. The normalized spacial score (nSPS) is 19.3. The van der Waals surface area contributed by atoms with E-state index in [1.54, 1.807) is 0 Å². The minimum absolute atomic E-state index is 0.253. The third-order valence-electron chi connectivity index (χ3n) is 5.41. The van der Waals surface area contributed by atoms with Crippen molar-refractivity contribution in [2.45, 2.75) is 43.5 Å². The van der Waals surface area contributed by atoms with Gasteiger partial charge in [-0.05, 0) is 37.3 Å². The first-order chi connectivity index (χ1) is 14.4. The van der Waals surface area contributed by atoms with E-state index in [-0.39, 0.29) is 18.5 Å². The van der Waals surface area contributed by atoms with E-state index in [2.05, 4.69) is 17.9 Å². The fourth-order valence-corrected chi connectivity index (χ4v) is 4.12. The fraction of sp³-hybridized carbons (Fsp3) is 0.348. The van der Waals surface area contributed by atoms with E-state index in [1.807, 2.05) is 61.5 Å². The molecule has 1 saturated heterocycles. The molecule has 0 saturated carbocycles. The molecule has 0 aliphatic carbocycles. The van der Waals surface area contributed by atoms with Crippen LogP contribution in [0.3, 0.4) is 0 Å². The monoisotopic (exact) mass is 426 g/mol. The Morgan fingerprint density at radius 1 is 1.10 bits per heavy atom. The van der Waals surface area contributed by atoms with Gasteiger partial charge in [-0.1, -0.05) is 60.2 Å². The quantitative estimate of drug-likeness (QED) is 0.594. The Balaban J connectivity index is 1.65. The summed E-state index contributed by atoms with van der Waals surface area (Å²) in [4.78, 5) is 38.4. The predicted molar refractivity (Wildman–Crippen MR) is 117 cm³/mol. The summed E-state index contributed by atoms with van der Waals surface area (Å²) in [5.74, 6) is -1.78. The first-order valence-electron chi connectivity index (χ1n) is 9.97. The number of aliphatic carboxylic acids is 1. The Hall–Kier alpha value is -2.80. The highest BCUT2D eigenvalue weighted by molar-refractivity contribution is 7.81. The van der Waals surface area contributed by atoms with Crippen LogP contribution in [0, 0.1) is 6.92 Å². The van der Waals surface area contributed by atoms with Crippen molar-refractivity contribution >= 4 is 30.4 Å². The van der Waals surface area contributed by atoms with Gasteiger partial charge >= 0.3 is 5.97 Å².